The molecule has 0 fully saturated rings. The largest absolute Gasteiger partial charge is 0.464 e. The third-order valence-corrected chi connectivity index (χ3v) is 4.24. The first-order valence-corrected chi connectivity index (χ1v) is 7.49. The van der Waals surface area contributed by atoms with Crippen molar-refractivity contribution in [2.24, 2.45) is 0 Å². The zero-order valence-electron chi connectivity index (χ0n) is 10.3. The number of nitrogens with one attached hydrogen (secondary N) is 1. The van der Waals surface area contributed by atoms with Gasteiger partial charge in [0, 0.05) is 12.0 Å². The van der Waals surface area contributed by atoms with E-state index >= 15 is 0 Å². The monoisotopic (exact) mass is 303 g/mol. The van der Waals surface area contributed by atoms with E-state index < -0.39 is 0 Å². The second-order valence-electron chi connectivity index (χ2n) is 3.93. The maximum Gasteiger partial charge on any atom is 0.125 e. The molecule has 98 valence electrons. The Balaban J connectivity index is 2.36. The Bertz CT molecular complexity index is 521. The second-order valence-corrected chi connectivity index (χ2v) is 6.21. The fourth-order valence-corrected chi connectivity index (χ4v) is 3.39. The first-order chi connectivity index (χ1) is 8.65. The summed E-state index contributed by atoms with van der Waals surface area (Å²) in [7, 11) is 0. The van der Waals surface area contributed by atoms with Gasteiger partial charge in [0.25, 0.3) is 0 Å². The van der Waals surface area contributed by atoms with Crippen LogP contribution < -0.4 is 5.32 Å². The van der Waals surface area contributed by atoms with E-state index in [1.807, 2.05) is 18.2 Å². The van der Waals surface area contributed by atoms with E-state index in [0.717, 1.165) is 30.0 Å². The summed E-state index contributed by atoms with van der Waals surface area (Å²) in [5.74, 6) is 1.86. The summed E-state index contributed by atoms with van der Waals surface area (Å²) in [5.41, 5.74) is 0.977. The predicted octanol–water partition coefficient (Wildman–Crippen LogP) is 4.91. The number of aryl methyl sites for hydroxylation is 1. The summed E-state index contributed by atoms with van der Waals surface area (Å²) in [6.07, 6.45) is 0.886. The molecule has 0 bridgehead atoms. The third-order valence-electron chi connectivity index (χ3n) is 2.72. The van der Waals surface area contributed by atoms with Crippen LogP contribution in [0.5, 0.6) is 0 Å². The maximum atomic E-state index is 6.22. The third kappa shape index (κ3) is 2.91. The Kier molecular flexibility index (Phi) is 4.73. The predicted molar refractivity (Wildman–Crippen MR) is 77.9 cm³/mol. The summed E-state index contributed by atoms with van der Waals surface area (Å²) < 4.78 is 7.21. The van der Waals surface area contributed by atoms with E-state index in [4.69, 9.17) is 27.6 Å². The van der Waals surface area contributed by atoms with Crippen molar-refractivity contribution in [2.75, 3.05) is 6.54 Å². The number of halogens is 2. The van der Waals surface area contributed by atoms with Gasteiger partial charge in [-0.3, -0.25) is 0 Å². The van der Waals surface area contributed by atoms with Gasteiger partial charge in [-0.1, -0.05) is 37.0 Å². The number of rotatable bonds is 5. The molecule has 1 N–H and O–H groups in total. The van der Waals surface area contributed by atoms with Gasteiger partial charge in [0.15, 0.2) is 0 Å². The molecule has 0 radical (unpaired) electrons. The Morgan fingerprint density at radius 1 is 1.33 bits per heavy atom. The molecule has 2 rings (SSSR count). The van der Waals surface area contributed by atoms with Crippen LogP contribution in [0.15, 0.2) is 22.6 Å². The Morgan fingerprint density at radius 2 is 2.11 bits per heavy atom. The van der Waals surface area contributed by atoms with E-state index in [1.165, 1.54) is 11.3 Å². The highest BCUT2D eigenvalue weighted by atomic mass is 35.5. The normalized spacial score (nSPS) is 12.9. The lowest BCUT2D eigenvalue weighted by Crippen LogP contribution is -2.21. The summed E-state index contributed by atoms with van der Waals surface area (Å²) in [4.78, 5) is 0. The van der Waals surface area contributed by atoms with Crippen molar-refractivity contribution in [2.45, 2.75) is 26.3 Å². The zero-order chi connectivity index (χ0) is 13.1. The Hall–Kier alpha value is -0.480. The van der Waals surface area contributed by atoms with Crippen molar-refractivity contribution >= 4 is 34.5 Å². The molecule has 0 aliphatic carbocycles. The van der Waals surface area contributed by atoms with Crippen LogP contribution in [-0.2, 0) is 6.42 Å². The highest BCUT2D eigenvalue weighted by molar-refractivity contribution is 7.20. The molecule has 0 aliphatic heterocycles. The lowest BCUT2D eigenvalue weighted by atomic mass is 10.1. The van der Waals surface area contributed by atoms with Gasteiger partial charge in [-0.05, 0) is 24.7 Å². The van der Waals surface area contributed by atoms with Crippen LogP contribution in [0, 0.1) is 0 Å². The van der Waals surface area contributed by atoms with Crippen LogP contribution in [0.1, 0.15) is 37.0 Å². The van der Waals surface area contributed by atoms with E-state index in [9.17, 15) is 0 Å². The topological polar surface area (TPSA) is 25.2 Å². The van der Waals surface area contributed by atoms with Crippen LogP contribution in [0.2, 0.25) is 8.67 Å². The summed E-state index contributed by atoms with van der Waals surface area (Å²) >= 11 is 13.6. The van der Waals surface area contributed by atoms with E-state index in [-0.39, 0.29) is 6.04 Å². The molecule has 1 unspecified atom stereocenters. The van der Waals surface area contributed by atoms with Gasteiger partial charge >= 0.3 is 0 Å². The van der Waals surface area contributed by atoms with Crippen LogP contribution in [0.4, 0.5) is 0 Å². The first kappa shape index (κ1) is 13.9. The van der Waals surface area contributed by atoms with Gasteiger partial charge in [-0.25, -0.2) is 0 Å². The SMILES string of the molecule is CCNC(c1ccc(CC)o1)c1cc(Cl)sc1Cl. The van der Waals surface area contributed by atoms with Gasteiger partial charge in [0.2, 0.25) is 0 Å². The van der Waals surface area contributed by atoms with E-state index in [2.05, 4.69) is 19.2 Å². The molecule has 18 heavy (non-hydrogen) atoms. The molecule has 5 heteroatoms. The molecule has 0 aliphatic rings. The number of hydrogen-bond acceptors (Lipinski definition) is 3. The molecule has 2 aromatic heterocycles. The van der Waals surface area contributed by atoms with Crippen molar-refractivity contribution in [3.05, 3.63) is 44.0 Å². The standard InChI is InChI=1S/C13H15Cl2NOS/c1-3-8-5-6-10(17-8)12(16-4-2)9-7-11(14)18-13(9)15/h5-7,12,16H,3-4H2,1-2H3. The average molecular weight is 304 g/mol. The molecule has 2 nitrogen and oxygen atoms in total. The van der Waals surface area contributed by atoms with Crippen LogP contribution in [0.25, 0.3) is 0 Å². The van der Waals surface area contributed by atoms with Crippen molar-refractivity contribution in [3.8, 4) is 0 Å². The lowest BCUT2D eigenvalue weighted by Gasteiger charge is -2.14. The van der Waals surface area contributed by atoms with Crippen molar-refractivity contribution in [1.82, 2.24) is 5.32 Å². The molecule has 2 heterocycles. The number of thiophene rings is 1. The fraction of sp³-hybridized carbons (Fsp3) is 0.385. The average Bonchev–Trinajstić information content (AvgIpc) is 2.93. The highest BCUT2D eigenvalue weighted by Crippen LogP contribution is 2.37. The quantitative estimate of drug-likeness (QED) is 0.849. The summed E-state index contributed by atoms with van der Waals surface area (Å²) in [5, 5.41) is 3.38. The molecule has 1 atom stereocenters. The van der Waals surface area contributed by atoms with Gasteiger partial charge < -0.3 is 9.73 Å². The van der Waals surface area contributed by atoms with Gasteiger partial charge in [-0.15, -0.1) is 11.3 Å². The van der Waals surface area contributed by atoms with E-state index in [0.29, 0.717) is 8.67 Å². The maximum absolute atomic E-state index is 6.22. The molecule has 0 amide bonds. The summed E-state index contributed by atoms with van der Waals surface area (Å²) in [6.45, 7) is 4.95. The molecule has 0 aromatic carbocycles. The molecule has 2 aromatic rings. The molecule has 0 saturated carbocycles. The minimum absolute atomic E-state index is 0.0356. The van der Waals surface area contributed by atoms with Crippen LogP contribution in [0.3, 0.4) is 0 Å². The minimum atomic E-state index is -0.0356. The highest BCUT2D eigenvalue weighted by Gasteiger charge is 2.21. The molecule has 0 saturated heterocycles. The summed E-state index contributed by atoms with van der Waals surface area (Å²) in [6, 6.07) is 5.86. The van der Waals surface area contributed by atoms with Gasteiger partial charge in [-0.2, -0.15) is 0 Å². The zero-order valence-corrected chi connectivity index (χ0v) is 12.6. The van der Waals surface area contributed by atoms with Gasteiger partial charge in [0.1, 0.15) is 11.5 Å². The Morgan fingerprint density at radius 3 is 2.61 bits per heavy atom. The van der Waals surface area contributed by atoms with Crippen molar-refractivity contribution < 1.29 is 4.42 Å². The van der Waals surface area contributed by atoms with Gasteiger partial charge in [0.05, 0.1) is 14.7 Å². The van der Waals surface area contributed by atoms with Crippen LogP contribution in [-0.4, -0.2) is 6.54 Å². The smallest absolute Gasteiger partial charge is 0.125 e. The molecular formula is C13H15Cl2NOS. The van der Waals surface area contributed by atoms with Crippen molar-refractivity contribution in [1.29, 1.82) is 0 Å². The molecule has 0 spiro atoms. The number of hydrogen-bond donors (Lipinski definition) is 1. The van der Waals surface area contributed by atoms with E-state index in [1.54, 1.807) is 0 Å². The fourth-order valence-electron chi connectivity index (χ4n) is 1.86. The Labute approximate surface area is 121 Å². The minimum Gasteiger partial charge on any atom is -0.464 e. The lowest BCUT2D eigenvalue weighted by molar-refractivity contribution is 0.426. The first-order valence-electron chi connectivity index (χ1n) is 5.92. The number of furan rings is 1. The van der Waals surface area contributed by atoms with Crippen molar-refractivity contribution in [3.63, 3.8) is 0 Å². The second kappa shape index (κ2) is 6.11. The van der Waals surface area contributed by atoms with Crippen LogP contribution >= 0.6 is 34.5 Å². The molecular weight excluding hydrogens is 289 g/mol.